The van der Waals surface area contributed by atoms with Crippen LogP contribution in [0.4, 0.5) is 0 Å². The molecule has 3 heteroatoms. The smallest absolute Gasteiger partial charge is 0.0603 e. The number of rotatable bonds is 0. The summed E-state index contributed by atoms with van der Waals surface area (Å²) in [6, 6.07) is 6.49. The van der Waals surface area contributed by atoms with Crippen LogP contribution in [0.2, 0.25) is 0 Å². The van der Waals surface area contributed by atoms with Gasteiger partial charge in [-0.2, -0.15) is 0 Å². The summed E-state index contributed by atoms with van der Waals surface area (Å²) in [5.41, 5.74) is 9.84. The van der Waals surface area contributed by atoms with E-state index in [1.54, 1.807) is 0 Å². The van der Waals surface area contributed by atoms with E-state index in [0.29, 0.717) is 0 Å². The fourth-order valence-electron chi connectivity index (χ4n) is 2.29. The summed E-state index contributed by atoms with van der Waals surface area (Å²) in [7, 11) is 0. The highest BCUT2D eigenvalue weighted by atomic mass is 79.9. The molecule has 0 bridgehead atoms. The number of para-hydroxylation sites is 1. The molecule has 0 saturated carbocycles. The summed E-state index contributed by atoms with van der Waals surface area (Å²) < 4.78 is 1.12. The standard InChI is InChI=1S/C11H11BrN2/c12-8-3-1-2-6-7-4-5-9(13)11(7)14-10(6)8/h1-3,9,14H,4-5,13H2. The molecule has 0 amide bonds. The number of fused-ring (bicyclic) bond motifs is 3. The molecule has 0 radical (unpaired) electrons. The second-order valence-corrected chi connectivity index (χ2v) is 4.68. The van der Waals surface area contributed by atoms with Crippen LogP contribution in [0, 0.1) is 0 Å². The van der Waals surface area contributed by atoms with Gasteiger partial charge in [-0.25, -0.2) is 0 Å². The summed E-state index contributed by atoms with van der Waals surface area (Å²) in [4.78, 5) is 3.42. The molecule has 0 aliphatic heterocycles. The van der Waals surface area contributed by atoms with Crippen molar-refractivity contribution in [1.29, 1.82) is 0 Å². The van der Waals surface area contributed by atoms with Crippen molar-refractivity contribution in [3.05, 3.63) is 33.9 Å². The highest BCUT2D eigenvalue weighted by Gasteiger charge is 2.23. The van der Waals surface area contributed by atoms with Crippen molar-refractivity contribution in [2.24, 2.45) is 5.73 Å². The third-order valence-electron chi connectivity index (χ3n) is 3.00. The fraction of sp³-hybridized carbons (Fsp3) is 0.273. The number of H-pyrrole nitrogens is 1. The van der Waals surface area contributed by atoms with Crippen LogP contribution in [0.1, 0.15) is 23.7 Å². The molecule has 3 rings (SSSR count). The summed E-state index contributed by atoms with van der Waals surface area (Å²) in [5, 5.41) is 1.32. The maximum atomic E-state index is 6.01. The summed E-state index contributed by atoms with van der Waals surface area (Å²) >= 11 is 3.55. The van der Waals surface area contributed by atoms with Crippen molar-refractivity contribution in [3.63, 3.8) is 0 Å². The molecule has 3 N–H and O–H groups in total. The van der Waals surface area contributed by atoms with Gasteiger partial charge in [-0.15, -0.1) is 0 Å². The average Bonchev–Trinajstić information content (AvgIpc) is 2.69. The molecule has 1 aromatic carbocycles. The van der Waals surface area contributed by atoms with Gasteiger partial charge in [0.15, 0.2) is 0 Å². The normalized spacial score (nSPS) is 20.3. The molecule has 1 unspecified atom stereocenters. The first-order chi connectivity index (χ1) is 6.77. The van der Waals surface area contributed by atoms with E-state index in [1.807, 2.05) is 0 Å². The first-order valence-corrected chi connectivity index (χ1v) is 5.61. The monoisotopic (exact) mass is 250 g/mol. The number of aromatic amines is 1. The predicted octanol–water partition coefficient (Wildman–Crippen LogP) is 2.88. The van der Waals surface area contributed by atoms with Crippen LogP contribution < -0.4 is 5.73 Å². The number of hydrogen-bond acceptors (Lipinski definition) is 1. The molecule has 2 aromatic rings. The predicted molar refractivity (Wildman–Crippen MR) is 61.2 cm³/mol. The number of nitrogens with one attached hydrogen (secondary N) is 1. The third kappa shape index (κ3) is 0.996. The lowest BCUT2D eigenvalue weighted by atomic mass is 10.1. The van der Waals surface area contributed by atoms with Crippen molar-refractivity contribution in [2.75, 3.05) is 0 Å². The first kappa shape index (κ1) is 8.50. The van der Waals surface area contributed by atoms with Crippen LogP contribution in [0.5, 0.6) is 0 Å². The molecule has 1 aliphatic carbocycles. The van der Waals surface area contributed by atoms with E-state index in [9.17, 15) is 0 Å². The van der Waals surface area contributed by atoms with E-state index in [0.717, 1.165) is 17.3 Å². The molecular formula is C11H11BrN2. The zero-order valence-corrected chi connectivity index (χ0v) is 9.26. The number of aromatic nitrogens is 1. The number of benzene rings is 1. The van der Waals surface area contributed by atoms with Gasteiger partial charge in [0.05, 0.1) is 5.52 Å². The van der Waals surface area contributed by atoms with Gasteiger partial charge in [-0.1, -0.05) is 12.1 Å². The van der Waals surface area contributed by atoms with E-state index >= 15 is 0 Å². The molecule has 2 nitrogen and oxygen atoms in total. The lowest BCUT2D eigenvalue weighted by molar-refractivity contribution is 0.698. The topological polar surface area (TPSA) is 41.8 Å². The van der Waals surface area contributed by atoms with Gasteiger partial charge >= 0.3 is 0 Å². The SMILES string of the molecule is NC1CCc2c1[nH]c1c(Br)cccc21. The Labute approximate surface area is 90.6 Å². The summed E-state index contributed by atoms with van der Waals surface area (Å²) in [6.45, 7) is 0. The van der Waals surface area contributed by atoms with Crippen molar-refractivity contribution in [3.8, 4) is 0 Å². The van der Waals surface area contributed by atoms with Gasteiger partial charge in [-0.3, -0.25) is 0 Å². The number of hydrogen-bond donors (Lipinski definition) is 2. The maximum absolute atomic E-state index is 6.01. The van der Waals surface area contributed by atoms with E-state index in [4.69, 9.17) is 5.73 Å². The summed E-state index contributed by atoms with van der Waals surface area (Å²) in [5.74, 6) is 0. The van der Waals surface area contributed by atoms with Crippen molar-refractivity contribution in [1.82, 2.24) is 4.98 Å². The molecule has 0 fully saturated rings. The Bertz CT molecular complexity index is 501. The Morgan fingerprint density at radius 3 is 3.14 bits per heavy atom. The van der Waals surface area contributed by atoms with Gasteiger partial charge in [0.2, 0.25) is 0 Å². The molecule has 0 spiro atoms. The molecule has 72 valence electrons. The van der Waals surface area contributed by atoms with Gasteiger partial charge in [-0.05, 0) is 40.4 Å². The highest BCUT2D eigenvalue weighted by Crippen LogP contribution is 2.36. The minimum Gasteiger partial charge on any atom is -0.356 e. The lowest BCUT2D eigenvalue weighted by Gasteiger charge is -2.00. The minimum absolute atomic E-state index is 0.198. The Morgan fingerprint density at radius 2 is 2.29 bits per heavy atom. The van der Waals surface area contributed by atoms with E-state index in [2.05, 4.69) is 39.1 Å². The second-order valence-electron chi connectivity index (χ2n) is 3.82. The van der Waals surface area contributed by atoms with Crippen LogP contribution in [0.15, 0.2) is 22.7 Å². The largest absolute Gasteiger partial charge is 0.356 e. The van der Waals surface area contributed by atoms with Gasteiger partial charge in [0.1, 0.15) is 0 Å². The molecule has 0 saturated heterocycles. The lowest BCUT2D eigenvalue weighted by Crippen LogP contribution is -2.05. The van der Waals surface area contributed by atoms with E-state index in [1.165, 1.54) is 22.2 Å². The van der Waals surface area contributed by atoms with Crippen molar-refractivity contribution >= 4 is 26.8 Å². The maximum Gasteiger partial charge on any atom is 0.0603 e. The number of aryl methyl sites for hydroxylation is 1. The zero-order valence-electron chi connectivity index (χ0n) is 7.68. The molecule has 1 atom stereocenters. The highest BCUT2D eigenvalue weighted by molar-refractivity contribution is 9.10. The quantitative estimate of drug-likeness (QED) is 0.742. The molecule has 1 aliphatic rings. The van der Waals surface area contributed by atoms with Gasteiger partial charge < -0.3 is 10.7 Å². The Morgan fingerprint density at radius 1 is 1.43 bits per heavy atom. The van der Waals surface area contributed by atoms with Gasteiger partial charge in [0.25, 0.3) is 0 Å². The van der Waals surface area contributed by atoms with Gasteiger partial charge in [0, 0.05) is 21.6 Å². The van der Waals surface area contributed by atoms with E-state index in [-0.39, 0.29) is 6.04 Å². The van der Waals surface area contributed by atoms with E-state index < -0.39 is 0 Å². The molecule has 14 heavy (non-hydrogen) atoms. The van der Waals surface area contributed by atoms with Crippen LogP contribution in [-0.2, 0) is 6.42 Å². The Kier molecular flexibility index (Phi) is 1.73. The van der Waals surface area contributed by atoms with Crippen LogP contribution in [0.3, 0.4) is 0 Å². The van der Waals surface area contributed by atoms with Crippen LogP contribution >= 0.6 is 15.9 Å². The zero-order chi connectivity index (χ0) is 9.71. The number of nitrogens with two attached hydrogens (primary N) is 1. The Balaban J connectivity index is 2.40. The summed E-state index contributed by atoms with van der Waals surface area (Å²) in [6.07, 6.45) is 2.18. The Hall–Kier alpha value is -0.800. The van der Waals surface area contributed by atoms with Crippen molar-refractivity contribution in [2.45, 2.75) is 18.9 Å². The minimum atomic E-state index is 0.198. The van der Waals surface area contributed by atoms with Crippen LogP contribution in [-0.4, -0.2) is 4.98 Å². The molecular weight excluding hydrogens is 240 g/mol. The molecule has 1 heterocycles. The average molecular weight is 251 g/mol. The third-order valence-corrected chi connectivity index (χ3v) is 3.66. The first-order valence-electron chi connectivity index (χ1n) is 4.82. The number of halogens is 1. The van der Waals surface area contributed by atoms with Crippen molar-refractivity contribution < 1.29 is 0 Å². The molecule has 1 aromatic heterocycles. The van der Waals surface area contributed by atoms with Crippen LogP contribution in [0.25, 0.3) is 10.9 Å². The second kappa shape index (κ2) is 2.84. The fourth-order valence-corrected chi connectivity index (χ4v) is 2.75.